The molecule has 2 aromatic carbocycles. The maximum absolute atomic E-state index is 13.7. The summed E-state index contributed by atoms with van der Waals surface area (Å²) in [6.45, 7) is 0. The molecule has 2 N–H and O–H groups in total. The van der Waals surface area contributed by atoms with Gasteiger partial charge >= 0.3 is 0 Å². The minimum Gasteiger partial charge on any atom is -0.504 e. The van der Waals surface area contributed by atoms with Gasteiger partial charge in [0.1, 0.15) is 4.83 Å². The minimum absolute atomic E-state index is 0.0315. The second-order valence-corrected chi connectivity index (χ2v) is 10.8. The van der Waals surface area contributed by atoms with Crippen LogP contribution in [0, 0.1) is 0 Å². The number of thioether (sulfide) groups is 1. The number of Topliss-reactive ketones (excluding diaryl/α,β-unsaturated/α-hetero) is 1. The Morgan fingerprint density at radius 2 is 1.85 bits per heavy atom. The van der Waals surface area contributed by atoms with Gasteiger partial charge in [-0.2, -0.15) is 0 Å². The van der Waals surface area contributed by atoms with Gasteiger partial charge in [0.25, 0.3) is 5.56 Å². The lowest BCUT2D eigenvalue weighted by atomic mass is 9.97. The number of halogens is 1. The summed E-state index contributed by atoms with van der Waals surface area (Å²) in [7, 11) is 0. The molecule has 0 aliphatic heterocycles. The predicted octanol–water partition coefficient (Wildman–Crippen LogP) is 5.47. The number of fused-ring (bicyclic) bond motifs is 3. The van der Waals surface area contributed by atoms with Crippen LogP contribution in [-0.4, -0.2) is 31.3 Å². The first-order chi connectivity index (χ1) is 15.9. The van der Waals surface area contributed by atoms with Crippen LogP contribution in [0.3, 0.4) is 0 Å². The highest BCUT2D eigenvalue weighted by Gasteiger charge is 2.23. The Morgan fingerprint density at radius 1 is 1.09 bits per heavy atom. The molecule has 1 aliphatic carbocycles. The van der Waals surface area contributed by atoms with Gasteiger partial charge in [-0.1, -0.05) is 27.7 Å². The third-order valence-electron chi connectivity index (χ3n) is 5.67. The number of rotatable bonds is 5. The van der Waals surface area contributed by atoms with Crippen LogP contribution < -0.4 is 5.56 Å². The average Bonchev–Trinajstić information content (AvgIpc) is 3.19. The Labute approximate surface area is 206 Å². The lowest BCUT2D eigenvalue weighted by Gasteiger charge is -2.13. The summed E-state index contributed by atoms with van der Waals surface area (Å²) in [4.78, 5) is 33.3. The summed E-state index contributed by atoms with van der Waals surface area (Å²) in [6, 6.07) is 11.4. The summed E-state index contributed by atoms with van der Waals surface area (Å²) in [5.74, 6) is -0.833. The number of carbonyl (C=O) groups excluding carboxylic acids is 1. The number of aryl methyl sites for hydroxylation is 2. The van der Waals surface area contributed by atoms with Crippen molar-refractivity contribution < 1.29 is 15.0 Å². The molecular weight excluding hydrogens is 524 g/mol. The van der Waals surface area contributed by atoms with Crippen molar-refractivity contribution in [1.82, 2.24) is 9.55 Å². The van der Waals surface area contributed by atoms with Gasteiger partial charge in [-0.15, -0.1) is 11.3 Å². The van der Waals surface area contributed by atoms with Crippen LogP contribution in [-0.2, 0) is 12.8 Å². The zero-order chi connectivity index (χ0) is 23.1. The number of aromatic nitrogens is 2. The summed E-state index contributed by atoms with van der Waals surface area (Å²) in [5.41, 5.74) is 1.98. The van der Waals surface area contributed by atoms with E-state index in [2.05, 4.69) is 15.9 Å². The third-order valence-corrected chi connectivity index (χ3v) is 8.33. The molecule has 0 unspecified atom stereocenters. The van der Waals surface area contributed by atoms with Crippen molar-refractivity contribution in [3.63, 3.8) is 0 Å². The number of thiophene rings is 1. The maximum atomic E-state index is 13.7. The average molecular weight is 543 g/mol. The van der Waals surface area contributed by atoms with E-state index in [-0.39, 0.29) is 34.2 Å². The second kappa shape index (κ2) is 8.96. The number of benzene rings is 2. The number of phenolic OH excluding ortho intramolecular Hbond substituents is 2. The van der Waals surface area contributed by atoms with Crippen molar-refractivity contribution in [2.24, 2.45) is 0 Å². The lowest BCUT2D eigenvalue weighted by molar-refractivity contribution is 0.102. The number of hydrogen-bond donors (Lipinski definition) is 2. The van der Waals surface area contributed by atoms with Crippen molar-refractivity contribution >= 4 is 55.0 Å². The fourth-order valence-corrected chi connectivity index (χ4v) is 6.49. The van der Waals surface area contributed by atoms with Gasteiger partial charge in [0.2, 0.25) is 0 Å². The van der Waals surface area contributed by atoms with E-state index in [0.717, 1.165) is 40.5 Å². The zero-order valence-corrected chi connectivity index (χ0v) is 20.6. The van der Waals surface area contributed by atoms with E-state index in [4.69, 9.17) is 4.98 Å². The summed E-state index contributed by atoms with van der Waals surface area (Å²) >= 11 is 6.20. The normalized spacial score (nSPS) is 13.2. The van der Waals surface area contributed by atoms with E-state index in [1.165, 1.54) is 34.8 Å². The fraction of sp³-hybridized carbons (Fsp3) is 0.208. The molecule has 0 spiro atoms. The SMILES string of the molecule is O=C(CSc1nc2sc3c(c2c(=O)n1-c1ccc(Br)cc1)CCCC3)c1ccc(O)c(O)c1. The van der Waals surface area contributed by atoms with Gasteiger partial charge in [0.05, 0.1) is 16.8 Å². The van der Waals surface area contributed by atoms with Crippen LogP contribution in [0.5, 0.6) is 11.5 Å². The first-order valence-electron chi connectivity index (χ1n) is 10.4. The highest BCUT2D eigenvalue weighted by Crippen LogP contribution is 2.35. The topological polar surface area (TPSA) is 92.4 Å². The van der Waals surface area contributed by atoms with Crippen LogP contribution in [0.2, 0.25) is 0 Å². The van der Waals surface area contributed by atoms with Gasteiger partial charge < -0.3 is 10.2 Å². The van der Waals surface area contributed by atoms with Crippen LogP contribution in [0.1, 0.15) is 33.6 Å². The molecule has 33 heavy (non-hydrogen) atoms. The molecule has 2 aromatic heterocycles. The van der Waals surface area contributed by atoms with Crippen LogP contribution in [0.25, 0.3) is 15.9 Å². The summed E-state index contributed by atoms with van der Waals surface area (Å²) < 4.78 is 2.49. The van der Waals surface area contributed by atoms with Crippen LogP contribution in [0.4, 0.5) is 0 Å². The Hall–Kier alpha value is -2.62. The molecule has 168 valence electrons. The Kier molecular flexibility index (Phi) is 6.03. The van der Waals surface area contributed by atoms with Crippen LogP contribution >= 0.6 is 39.0 Å². The van der Waals surface area contributed by atoms with Crippen molar-refractivity contribution in [2.75, 3.05) is 5.75 Å². The molecule has 5 rings (SSSR count). The number of ketones is 1. The smallest absolute Gasteiger partial charge is 0.267 e. The molecule has 0 atom stereocenters. The third kappa shape index (κ3) is 4.20. The molecule has 0 saturated carbocycles. The maximum Gasteiger partial charge on any atom is 0.267 e. The molecule has 2 heterocycles. The Morgan fingerprint density at radius 3 is 2.61 bits per heavy atom. The highest BCUT2D eigenvalue weighted by atomic mass is 79.9. The molecule has 0 fully saturated rings. The standard InChI is InChI=1S/C24H19BrN2O4S2/c25-14-6-8-15(9-7-14)27-23(31)21-16-3-1-2-4-20(16)33-22(21)26-24(27)32-12-19(30)13-5-10-17(28)18(29)11-13/h5-11,28-29H,1-4,12H2. The van der Waals surface area contributed by atoms with Gasteiger partial charge in [-0.05, 0) is 73.7 Å². The summed E-state index contributed by atoms with van der Waals surface area (Å²) in [5, 5.41) is 20.4. The van der Waals surface area contributed by atoms with E-state index >= 15 is 0 Å². The van der Waals surface area contributed by atoms with E-state index in [1.54, 1.807) is 15.9 Å². The molecule has 4 aromatic rings. The minimum atomic E-state index is -0.346. The first kappa shape index (κ1) is 22.2. The Balaban J connectivity index is 1.58. The van der Waals surface area contributed by atoms with Crippen molar-refractivity contribution in [3.05, 3.63) is 73.3 Å². The molecular formula is C24H19BrN2O4S2. The van der Waals surface area contributed by atoms with Crippen molar-refractivity contribution in [3.8, 4) is 17.2 Å². The van der Waals surface area contributed by atoms with Gasteiger partial charge in [-0.25, -0.2) is 4.98 Å². The van der Waals surface area contributed by atoms with Crippen molar-refractivity contribution in [1.29, 1.82) is 0 Å². The van der Waals surface area contributed by atoms with E-state index in [9.17, 15) is 19.8 Å². The number of aromatic hydroxyl groups is 2. The largest absolute Gasteiger partial charge is 0.504 e. The molecule has 1 aliphatic rings. The highest BCUT2D eigenvalue weighted by molar-refractivity contribution is 9.10. The second-order valence-electron chi connectivity index (χ2n) is 7.82. The number of hydrogen-bond acceptors (Lipinski definition) is 7. The molecule has 0 bridgehead atoms. The van der Waals surface area contributed by atoms with E-state index < -0.39 is 0 Å². The number of phenols is 2. The number of carbonyl (C=O) groups is 1. The first-order valence-corrected chi connectivity index (χ1v) is 13.0. The monoisotopic (exact) mass is 542 g/mol. The van der Waals surface area contributed by atoms with Crippen molar-refractivity contribution in [2.45, 2.75) is 30.8 Å². The predicted molar refractivity (Wildman–Crippen MR) is 134 cm³/mol. The van der Waals surface area contributed by atoms with Gasteiger partial charge in [-0.3, -0.25) is 14.2 Å². The molecule has 0 amide bonds. The van der Waals surface area contributed by atoms with E-state index in [1.807, 2.05) is 24.3 Å². The van der Waals surface area contributed by atoms with Crippen LogP contribution in [0.15, 0.2) is 56.9 Å². The fourth-order valence-electron chi connectivity index (χ4n) is 4.01. The molecule has 0 radical (unpaired) electrons. The summed E-state index contributed by atoms with van der Waals surface area (Å²) in [6.07, 6.45) is 4.05. The van der Waals surface area contributed by atoms with Gasteiger partial charge in [0, 0.05) is 14.9 Å². The molecule has 6 nitrogen and oxygen atoms in total. The number of nitrogens with zero attached hydrogens (tertiary/aromatic N) is 2. The van der Waals surface area contributed by atoms with Gasteiger partial charge in [0.15, 0.2) is 22.4 Å². The quantitative estimate of drug-likeness (QED) is 0.150. The molecule has 9 heteroatoms. The zero-order valence-electron chi connectivity index (χ0n) is 17.4. The Bertz CT molecular complexity index is 1440. The lowest BCUT2D eigenvalue weighted by Crippen LogP contribution is -2.22. The van der Waals surface area contributed by atoms with E-state index in [0.29, 0.717) is 16.2 Å². The molecule has 0 saturated heterocycles.